The first-order chi connectivity index (χ1) is 18.9. The number of nitrogens with zero attached hydrogens (tertiary/aromatic N) is 2. The van der Waals surface area contributed by atoms with Crippen molar-refractivity contribution in [3.63, 3.8) is 0 Å². The quantitative estimate of drug-likeness (QED) is 0.238. The molecule has 1 aliphatic heterocycles. The predicted molar refractivity (Wildman–Crippen MR) is 151 cm³/mol. The molecule has 3 aromatic rings. The van der Waals surface area contributed by atoms with Crippen molar-refractivity contribution in [2.75, 3.05) is 41.0 Å². The van der Waals surface area contributed by atoms with Gasteiger partial charge in [0.15, 0.2) is 11.5 Å². The lowest BCUT2D eigenvalue weighted by molar-refractivity contribution is 0.203. The van der Waals surface area contributed by atoms with Crippen LogP contribution in [-0.2, 0) is 5.41 Å². The number of rotatable bonds is 12. The minimum absolute atomic E-state index is 0.267. The molecule has 0 aliphatic carbocycles. The Morgan fingerprint density at radius 2 is 1.69 bits per heavy atom. The minimum Gasteiger partial charge on any atom is -0.493 e. The molecule has 1 atom stereocenters. The summed E-state index contributed by atoms with van der Waals surface area (Å²) in [6.45, 7) is 7.08. The molecule has 0 N–H and O–H groups in total. The number of furan rings is 1. The van der Waals surface area contributed by atoms with Crippen LogP contribution in [0.1, 0.15) is 74.7 Å². The number of hydrogen-bond donors (Lipinski definition) is 0. The number of hydrogen-bond acceptors (Lipinski definition) is 6. The van der Waals surface area contributed by atoms with Crippen molar-refractivity contribution < 1.29 is 23.0 Å². The van der Waals surface area contributed by atoms with E-state index in [1.165, 1.54) is 17.7 Å². The second-order valence-corrected chi connectivity index (χ2v) is 10.6. The monoisotopic (exact) mass is 536 g/mol. The van der Waals surface area contributed by atoms with Crippen LogP contribution in [0.3, 0.4) is 0 Å². The molecule has 0 radical (unpaired) electrons. The summed E-state index contributed by atoms with van der Waals surface area (Å²) in [6, 6.07) is 11.4. The van der Waals surface area contributed by atoms with Gasteiger partial charge in [-0.05, 0) is 94.4 Å². The van der Waals surface area contributed by atoms with Gasteiger partial charge in [0, 0.05) is 17.0 Å². The summed E-state index contributed by atoms with van der Waals surface area (Å²) >= 11 is 0. The maximum absolute atomic E-state index is 13.7. The fraction of sp³-hybridized carbons (Fsp3) is 0.531. The Bertz CT molecular complexity index is 1280. The molecule has 210 valence electrons. The lowest BCUT2D eigenvalue weighted by Crippen LogP contribution is -2.35. The number of fused-ring (bicyclic) bond motifs is 1. The van der Waals surface area contributed by atoms with Gasteiger partial charge in [-0.3, -0.25) is 0 Å². The van der Waals surface area contributed by atoms with Crippen molar-refractivity contribution >= 4 is 11.0 Å². The van der Waals surface area contributed by atoms with E-state index < -0.39 is 5.41 Å². The van der Waals surface area contributed by atoms with E-state index in [1.807, 2.05) is 25.1 Å². The van der Waals surface area contributed by atoms with Gasteiger partial charge >= 0.3 is 0 Å². The maximum atomic E-state index is 13.7. The molecule has 7 heteroatoms. The highest BCUT2D eigenvalue weighted by Gasteiger charge is 2.34. The van der Waals surface area contributed by atoms with Gasteiger partial charge in [0.1, 0.15) is 17.2 Å². The molecule has 1 unspecified atom stereocenters. The van der Waals surface area contributed by atoms with E-state index in [-0.39, 0.29) is 5.82 Å². The number of methoxy groups -OCH3 is 3. The van der Waals surface area contributed by atoms with Gasteiger partial charge in [0.2, 0.25) is 5.75 Å². The van der Waals surface area contributed by atoms with Gasteiger partial charge in [-0.1, -0.05) is 19.8 Å². The van der Waals surface area contributed by atoms with Crippen molar-refractivity contribution in [2.45, 2.75) is 70.1 Å². The van der Waals surface area contributed by atoms with Crippen LogP contribution in [0, 0.1) is 24.1 Å². The lowest BCUT2D eigenvalue weighted by atomic mass is 9.74. The Balaban J connectivity index is 1.44. The third kappa shape index (κ3) is 6.01. The number of halogens is 1. The third-order valence-electron chi connectivity index (χ3n) is 8.34. The van der Waals surface area contributed by atoms with Crippen LogP contribution in [0.4, 0.5) is 4.39 Å². The molecule has 1 aromatic heterocycles. The molecule has 6 nitrogen and oxygen atoms in total. The minimum atomic E-state index is -0.622. The average molecular weight is 537 g/mol. The summed E-state index contributed by atoms with van der Waals surface area (Å²) in [7, 11) is 4.81. The Hall–Kier alpha value is -3.24. The summed E-state index contributed by atoms with van der Waals surface area (Å²) in [5.41, 5.74) is 2.17. The summed E-state index contributed by atoms with van der Waals surface area (Å²) < 4.78 is 36.3. The van der Waals surface area contributed by atoms with Crippen LogP contribution in [0.15, 0.2) is 34.7 Å². The van der Waals surface area contributed by atoms with Gasteiger partial charge in [-0.25, -0.2) is 4.39 Å². The number of nitriles is 1. The first-order valence-electron chi connectivity index (χ1n) is 14.0. The number of aryl methyl sites for hydroxylation is 1. The van der Waals surface area contributed by atoms with Crippen LogP contribution in [0.5, 0.6) is 17.2 Å². The number of likely N-dealkylation sites (tertiary alicyclic amines) is 1. The van der Waals surface area contributed by atoms with Gasteiger partial charge in [-0.2, -0.15) is 5.26 Å². The SMILES string of the molecule is CCCCC(C#N)(CCCN1CCC(c2c(C)oc3cc(F)ccc23)CC1)c1cc(OC)c(OC)c(OC)c1. The number of piperidine rings is 1. The molecule has 0 saturated carbocycles. The van der Waals surface area contributed by atoms with Crippen molar-refractivity contribution in [3.05, 3.63) is 53.0 Å². The first kappa shape index (κ1) is 28.8. The van der Waals surface area contributed by atoms with Crippen molar-refractivity contribution in [2.24, 2.45) is 0 Å². The molecular formula is C32H41FN2O4. The van der Waals surface area contributed by atoms with E-state index in [2.05, 4.69) is 17.9 Å². The summed E-state index contributed by atoms with van der Waals surface area (Å²) in [4.78, 5) is 2.50. The van der Waals surface area contributed by atoms with E-state index >= 15 is 0 Å². The fourth-order valence-electron chi connectivity index (χ4n) is 6.20. The molecule has 1 aliphatic rings. The van der Waals surface area contributed by atoms with E-state index in [0.29, 0.717) is 28.7 Å². The van der Waals surface area contributed by atoms with Crippen LogP contribution in [0.25, 0.3) is 11.0 Å². The van der Waals surface area contributed by atoms with Gasteiger partial charge in [0.05, 0.1) is 32.8 Å². The third-order valence-corrected chi connectivity index (χ3v) is 8.34. The molecule has 1 saturated heterocycles. The van der Waals surface area contributed by atoms with E-state index in [0.717, 1.165) is 81.3 Å². The van der Waals surface area contributed by atoms with E-state index in [9.17, 15) is 9.65 Å². The Labute approximate surface area is 231 Å². The smallest absolute Gasteiger partial charge is 0.203 e. The molecular weight excluding hydrogens is 495 g/mol. The predicted octanol–water partition coefficient (Wildman–Crippen LogP) is 7.52. The van der Waals surface area contributed by atoms with Gasteiger partial charge in [-0.15, -0.1) is 0 Å². The summed E-state index contributed by atoms with van der Waals surface area (Å²) in [5, 5.41) is 11.5. The number of benzene rings is 2. The van der Waals surface area contributed by atoms with E-state index in [4.69, 9.17) is 18.6 Å². The van der Waals surface area contributed by atoms with Gasteiger partial charge in [0.25, 0.3) is 0 Å². The largest absolute Gasteiger partial charge is 0.493 e. The Morgan fingerprint density at radius 1 is 1.03 bits per heavy atom. The second kappa shape index (κ2) is 12.7. The molecule has 39 heavy (non-hydrogen) atoms. The topological polar surface area (TPSA) is 67.9 Å². The molecule has 0 spiro atoms. The molecule has 2 heterocycles. The molecule has 2 aromatic carbocycles. The number of unbranched alkanes of at least 4 members (excludes halogenated alkanes) is 1. The first-order valence-corrected chi connectivity index (χ1v) is 14.0. The molecule has 0 amide bonds. The normalized spacial score (nSPS) is 16.1. The zero-order valence-corrected chi connectivity index (χ0v) is 23.9. The highest BCUT2D eigenvalue weighted by molar-refractivity contribution is 5.83. The molecule has 4 rings (SSSR count). The molecule has 0 bridgehead atoms. The Kier molecular flexibility index (Phi) is 9.40. The molecule has 1 fully saturated rings. The van der Waals surface area contributed by atoms with Crippen LogP contribution < -0.4 is 14.2 Å². The maximum Gasteiger partial charge on any atom is 0.203 e. The second-order valence-electron chi connectivity index (χ2n) is 10.6. The zero-order chi connectivity index (χ0) is 28.0. The zero-order valence-electron chi connectivity index (χ0n) is 23.9. The van der Waals surface area contributed by atoms with Crippen molar-refractivity contribution in [3.8, 4) is 23.3 Å². The summed E-state index contributed by atoms with van der Waals surface area (Å²) in [6.07, 6.45) is 6.55. The Morgan fingerprint density at radius 3 is 2.28 bits per heavy atom. The number of ether oxygens (including phenoxy) is 3. The summed E-state index contributed by atoms with van der Waals surface area (Å²) in [5.74, 6) is 2.74. The average Bonchev–Trinajstić information content (AvgIpc) is 3.28. The van der Waals surface area contributed by atoms with E-state index in [1.54, 1.807) is 21.3 Å². The van der Waals surface area contributed by atoms with Gasteiger partial charge < -0.3 is 23.5 Å². The van der Waals surface area contributed by atoms with Crippen molar-refractivity contribution in [1.29, 1.82) is 5.26 Å². The lowest BCUT2D eigenvalue weighted by Gasteiger charge is -2.33. The van der Waals surface area contributed by atoms with Crippen LogP contribution in [-0.4, -0.2) is 45.9 Å². The standard InChI is InChI=1S/C32H41FN2O4/c1-6-7-13-32(21-34,24-18-28(36-3)31(38-5)29(19-24)37-4)14-8-15-35-16-11-23(12-17-35)30-22(2)39-27-20-25(33)9-10-26(27)30/h9-10,18-20,23H,6-8,11-17H2,1-5H3. The fourth-order valence-corrected chi connectivity index (χ4v) is 6.20. The van der Waals surface area contributed by atoms with Crippen LogP contribution >= 0.6 is 0 Å². The highest BCUT2D eigenvalue weighted by atomic mass is 19.1. The van der Waals surface area contributed by atoms with Crippen LogP contribution in [0.2, 0.25) is 0 Å². The van der Waals surface area contributed by atoms with Crippen molar-refractivity contribution in [1.82, 2.24) is 4.90 Å². The highest BCUT2D eigenvalue weighted by Crippen LogP contribution is 2.44.